The Morgan fingerprint density at radius 2 is 0.657 bits per heavy atom. The Hall–Kier alpha value is -14.6. The molecule has 29 nitrogen and oxygen atoms in total. The first-order valence-electron chi connectivity index (χ1n) is 42.2. The van der Waals surface area contributed by atoms with E-state index in [-0.39, 0.29) is 33.1 Å². The summed E-state index contributed by atoms with van der Waals surface area (Å²) in [6.07, 6.45) is 8.20. The number of thioether (sulfide) groups is 5. The molecule has 0 atom stereocenters. The Kier molecular flexibility index (Phi) is 38.0. The number of ether oxygens (including phenoxy) is 6. The van der Waals surface area contributed by atoms with Gasteiger partial charge in [-0.3, -0.25) is 72.4 Å². The van der Waals surface area contributed by atoms with Crippen LogP contribution in [-0.4, -0.2) is 189 Å². The van der Waals surface area contributed by atoms with E-state index < -0.39 is 104 Å². The fraction of sp³-hybridized carbons (Fsp3) is 0.107. The van der Waals surface area contributed by atoms with Crippen LogP contribution in [0, 0.1) is 20.8 Å². The summed E-state index contributed by atoms with van der Waals surface area (Å²) < 4.78 is 34.3. The summed E-state index contributed by atoms with van der Waals surface area (Å²) in [6, 6.07) is 75.6. The second kappa shape index (κ2) is 50.7. The monoisotopic (exact) mass is 2120 g/mol. The highest BCUT2D eigenvalue weighted by molar-refractivity contribution is 8.28. The first-order valence-corrected chi connectivity index (χ1v) is 48.7. The average Bonchev–Trinajstić information content (AvgIpc) is 1.38. The molecule has 0 aromatic heterocycles. The molecule has 0 unspecified atom stereocenters. The van der Waals surface area contributed by atoms with Gasteiger partial charge in [-0.05, 0) is 203 Å². The molecule has 143 heavy (non-hydrogen) atoms. The maximum Gasteiger partial charge on any atom is 0.345 e. The molecular formula is C103H78ClN5O24S10. The highest BCUT2D eigenvalue weighted by Gasteiger charge is 2.38. The molecule has 11 aromatic rings. The van der Waals surface area contributed by atoms with E-state index in [2.05, 4.69) is 24.3 Å². The van der Waals surface area contributed by atoms with Crippen LogP contribution in [0.3, 0.4) is 0 Å². The second-order valence-corrected chi connectivity index (χ2v) is 39.4. The molecule has 0 saturated carbocycles. The molecule has 0 radical (unpaired) electrons. The zero-order valence-electron chi connectivity index (χ0n) is 75.3. The minimum Gasteiger partial charge on any atom is -0.493 e. The Bertz CT molecular complexity index is 7060. The van der Waals surface area contributed by atoms with Gasteiger partial charge in [-0.15, -0.1) is 0 Å². The lowest BCUT2D eigenvalue weighted by Crippen LogP contribution is -2.33. The molecular weight excluding hydrogens is 2050 g/mol. The first-order chi connectivity index (χ1) is 68.4. The predicted molar refractivity (Wildman–Crippen MR) is 569 cm³/mol. The molecule has 0 spiro atoms. The number of amides is 5. The molecule has 5 saturated heterocycles. The molecule has 5 fully saturated rings. The van der Waals surface area contributed by atoms with Gasteiger partial charge in [-0.2, -0.15) is 0 Å². The van der Waals surface area contributed by atoms with Gasteiger partial charge in [-0.1, -0.05) is 300 Å². The van der Waals surface area contributed by atoms with E-state index in [0.717, 1.165) is 122 Å². The Balaban J connectivity index is 0.000000160. The fourth-order valence-electron chi connectivity index (χ4n) is 13.0. The van der Waals surface area contributed by atoms with Crippen molar-refractivity contribution in [3.05, 3.63) is 357 Å². The number of carbonyl (C=O) groups is 13. The summed E-state index contributed by atoms with van der Waals surface area (Å²) in [6.45, 7) is 4.42. The van der Waals surface area contributed by atoms with Crippen molar-refractivity contribution in [3.8, 4) is 34.5 Å². The maximum atomic E-state index is 12.4. The molecule has 0 bridgehead atoms. The van der Waals surface area contributed by atoms with Crippen LogP contribution in [-0.2, 0) is 61.2 Å². The van der Waals surface area contributed by atoms with E-state index in [9.17, 15) is 62.3 Å². The van der Waals surface area contributed by atoms with Crippen molar-refractivity contribution in [2.45, 2.75) is 34.0 Å². The second-order valence-electron chi connectivity index (χ2n) is 30.6. The summed E-state index contributed by atoms with van der Waals surface area (Å²) in [4.78, 5) is 159. The smallest absolute Gasteiger partial charge is 0.345 e. The number of rotatable bonds is 28. The Morgan fingerprint density at radius 3 is 1.03 bits per heavy atom. The number of halogens is 1. The zero-order chi connectivity index (χ0) is 103. The molecule has 5 aliphatic heterocycles. The standard InChI is InChI=1S/C23H17NO4S2.C21H19NO5S2.C20H14ClNO5S2.C20H15NO5S2.C19H13NO5S2/c25-21(26)13-24-22(27)20(30-23(24)29)12-15-8-10-18(11-9-15)28-14-17-6-3-5-16-4-1-2-7-19(16)17;1-13-3-5-14(6-4-13)12-27-16-8-7-15(9-17(16)26-2)10-18-20(25)22(11-19(23)24)21(28)29-18;1-11-2-7-14(15(21)8-11)19(26)27-13-5-3-12(4-6-13)9-16-18(25)22(10-17(23)24)20(28)29-16;1-12-2-6-14(7-3-12)19(25)26-15-8-4-13(5-9-15)10-16-18(24)21(11-17(22)23)20(27)28-16;21-16(22)11-20-17(23)15(27-19(20)26)10-12-6-8-14(9-7-12)25-18(24)13-4-2-1-3-5-13/h1-12H,13-14H2,(H,25,26);3-10H,11-12H2,1-2H3,(H,23,24);2-9H,10H2,1H3,(H,23,24);2-10H,11H2,1H3,(H,22,23);1-10H,11H2,(H,21,22)/b20-12+;18-10-;16-9-;16-10-;15-10-. The molecule has 16 rings (SSSR count). The quantitative estimate of drug-likeness (QED) is 0.0132. The van der Waals surface area contributed by atoms with Crippen molar-refractivity contribution in [2.24, 2.45) is 0 Å². The van der Waals surface area contributed by atoms with E-state index >= 15 is 0 Å². The molecule has 726 valence electrons. The van der Waals surface area contributed by atoms with Gasteiger partial charge in [0, 0.05) is 0 Å². The van der Waals surface area contributed by atoms with Gasteiger partial charge in [0.05, 0.1) is 53.3 Å². The third-order valence-electron chi connectivity index (χ3n) is 20.1. The minimum absolute atomic E-state index is 0.198. The van der Waals surface area contributed by atoms with Crippen LogP contribution in [0.1, 0.15) is 86.7 Å². The van der Waals surface area contributed by atoms with Crippen LogP contribution in [0.15, 0.2) is 279 Å². The van der Waals surface area contributed by atoms with E-state index in [0.29, 0.717) is 99.3 Å². The number of carboxylic acid groups (broad SMARTS) is 5. The third kappa shape index (κ3) is 30.5. The van der Waals surface area contributed by atoms with Crippen LogP contribution in [0.25, 0.3) is 41.2 Å². The SMILES string of the molecule is COc1cc(/C=C2\SC(=S)N(CC(=O)O)C2=O)ccc1OCc1ccc(C)cc1.Cc1ccc(C(=O)Oc2ccc(/C=C3\SC(=S)N(CC(=O)O)C3=O)cc2)c(Cl)c1.Cc1ccc(C(=O)Oc2ccc(/C=C3\SC(=S)N(CC(=O)O)C3=O)cc2)cc1.O=C(O)CN1C(=O)/C(=C/c2ccc(OC(=O)c3ccccc3)cc2)SC1=S.O=C(O)CN1C(=O)/C(=C\c2ccc(OCc3cccc4ccccc34)cc2)SC1=S. The molecule has 0 aliphatic carbocycles. The number of nitrogens with zero attached hydrogens (tertiary/aromatic N) is 5. The number of hydrogen-bond acceptors (Lipinski definition) is 29. The van der Waals surface area contributed by atoms with Crippen molar-refractivity contribution >= 4 is 272 Å². The summed E-state index contributed by atoms with van der Waals surface area (Å²) in [5, 5.41) is 47.1. The summed E-state index contributed by atoms with van der Waals surface area (Å²) in [7, 11) is 1.55. The van der Waals surface area contributed by atoms with Crippen molar-refractivity contribution < 1.29 is 116 Å². The van der Waals surface area contributed by atoms with E-state index in [1.165, 1.54) is 16.3 Å². The first kappa shape index (κ1) is 107. The fourth-order valence-corrected chi connectivity index (χ4v) is 19.6. The molecule has 5 N–H and O–H groups in total. The number of fused-ring (bicyclic) bond motifs is 1. The number of carboxylic acids is 5. The predicted octanol–water partition coefficient (Wildman–Crippen LogP) is 19.4. The Morgan fingerprint density at radius 1 is 0.329 bits per heavy atom. The number of methoxy groups -OCH3 is 1. The van der Waals surface area contributed by atoms with Gasteiger partial charge >= 0.3 is 47.8 Å². The topological polar surface area (TPSA) is 395 Å². The van der Waals surface area contributed by atoms with Gasteiger partial charge in [0.25, 0.3) is 29.5 Å². The van der Waals surface area contributed by atoms with Gasteiger partial charge in [0.2, 0.25) is 0 Å². The zero-order valence-corrected chi connectivity index (χ0v) is 84.2. The van der Waals surface area contributed by atoms with Gasteiger partial charge in [0.1, 0.15) is 90.5 Å². The lowest BCUT2D eigenvalue weighted by Gasteiger charge is -2.12. The summed E-state index contributed by atoms with van der Waals surface area (Å²) in [5.41, 5.74) is 10.1. The molecule has 11 aromatic carbocycles. The Labute approximate surface area is 870 Å². The average molecular weight is 2130 g/mol. The van der Waals surface area contributed by atoms with Crippen LogP contribution >= 0.6 is 131 Å². The van der Waals surface area contributed by atoms with Crippen LogP contribution in [0.2, 0.25) is 5.02 Å². The highest BCUT2D eigenvalue weighted by Crippen LogP contribution is 2.40. The number of aliphatic carboxylic acids is 5. The van der Waals surface area contributed by atoms with E-state index in [1.807, 2.05) is 106 Å². The van der Waals surface area contributed by atoms with Crippen LogP contribution in [0.5, 0.6) is 34.5 Å². The normalized spacial score (nSPS) is 15.2. The van der Waals surface area contributed by atoms with E-state index in [4.69, 9.17) is 127 Å². The lowest BCUT2D eigenvalue weighted by atomic mass is 10.1. The van der Waals surface area contributed by atoms with E-state index in [1.54, 1.807) is 183 Å². The molecule has 5 heterocycles. The van der Waals surface area contributed by atoms with Gasteiger partial charge in [-0.25, -0.2) is 14.4 Å². The number of thiocarbonyl (C=S) groups is 5. The third-order valence-corrected chi connectivity index (χ3v) is 27.3. The van der Waals surface area contributed by atoms with Crippen LogP contribution < -0.4 is 28.4 Å². The number of carbonyl (C=O) groups excluding carboxylic acids is 8. The van der Waals surface area contributed by atoms with Crippen molar-refractivity contribution in [2.75, 3.05) is 39.8 Å². The number of aryl methyl sites for hydroxylation is 3. The van der Waals surface area contributed by atoms with Crippen molar-refractivity contribution in [3.63, 3.8) is 0 Å². The highest BCUT2D eigenvalue weighted by atomic mass is 35.5. The number of benzene rings is 11. The maximum absolute atomic E-state index is 12.4. The van der Waals surface area contributed by atoms with Gasteiger partial charge in [0.15, 0.2) is 11.5 Å². The summed E-state index contributed by atoms with van der Waals surface area (Å²) in [5.74, 6) is -6.30. The van der Waals surface area contributed by atoms with Crippen LogP contribution in [0.4, 0.5) is 0 Å². The van der Waals surface area contributed by atoms with Crippen molar-refractivity contribution in [1.29, 1.82) is 0 Å². The van der Waals surface area contributed by atoms with Crippen molar-refractivity contribution in [1.82, 2.24) is 24.5 Å². The largest absolute Gasteiger partial charge is 0.493 e. The molecule has 5 aliphatic rings. The summed E-state index contributed by atoms with van der Waals surface area (Å²) >= 11 is 36.8. The molecule has 5 amide bonds. The number of esters is 3. The minimum atomic E-state index is -1.14. The van der Waals surface area contributed by atoms with Gasteiger partial charge < -0.3 is 54.0 Å². The number of hydrogen-bond donors (Lipinski definition) is 5. The molecule has 40 heteroatoms. The lowest BCUT2D eigenvalue weighted by molar-refractivity contribution is -0.140.